The van der Waals surface area contributed by atoms with Crippen LogP contribution >= 0.6 is 0 Å². The van der Waals surface area contributed by atoms with E-state index in [-0.39, 0.29) is 17.7 Å². The molecule has 0 aliphatic heterocycles. The van der Waals surface area contributed by atoms with Gasteiger partial charge >= 0.3 is 0 Å². The van der Waals surface area contributed by atoms with Gasteiger partial charge in [-0.05, 0) is 61.4 Å². The topological polar surface area (TPSA) is 76.7 Å². The summed E-state index contributed by atoms with van der Waals surface area (Å²) in [6.07, 6.45) is 1.92. The van der Waals surface area contributed by atoms with Crippen molar-refractivity contribution in [3.8, 4) is 11.5 Å². The molecule has 0 radical (unpaired) electrons. The molecule has 0 saturated heterocycles. The van der Waals surface area contributed by atoms with Crippen LogP contribution in [-0.2, 0) is 4.79 Å². The summed E-state index contributed by atoms with van der Waals surface area (Å²) in [5, 5.41) is 5.75. The average Bonchev–Trinajstić information content (AvgIpc) is 3.65. The molecule has 158 valence electrons. The summed E-state index contributed by atoms with van der Waals surface area (Å²) >= 11 is 0. The number of ether oxygens (including phenoxy) is 2. The van der Waals surface area contributed by atoms with Crippen molar-refractivity contribution >= 4 is 23.2 Å². The SMILES string of the molecule is O=C(Nc1ccc(NC(=O)C2CC2)cc1)c1ccccc1OCCOc1ccccc1. The van der Waals surface area contributed by atoms with Crippen LogP contribution < -0.4 is 20.1 Å². The molecule has 6 heteroatoms. The van der Waals surface area contributed by atoms with Crippen molar-refractivity contribution < 1.29 is 19.1 Å². The lowest BCUT2D eigenvalue weighted by molar-refractivity contribution is -0.117. The predicted octanol–water partition coefficient (Wildman–Crippen LogP) is 4.75. The molecule has 0 bridgehead atoms. The van der Waals surface area contributed by atoms with Crippen LogP contribution in [0.3, 0.4) is 0 Å². The van der Waals surface area contributed by atoms with Gasteiger partial charge in [0, 0.05) is 17.3 Å². The highest BCUT2D eigenvalue weighted by atomic mass is 16.5. The van der Waals surface area contributed by atoms with E-state index in [4.69, 9.17) is 9.47 Å². The maximum absolute atomic E-state index is 12.8. The largest absolute Gasteiger partial charge is 0.490 e. The highest BCUT2D eigenvalue weighted by molar-refractivity contribution is 6.06. The maximum atomic E-state index is 12.8. The van der Waals surface area contributed by atoms with Crippen molar-refractivity contribution in [1.29, 1.82) is 0 Å². The highest BCUT2D eigenvalue weighted by Gasteiger charge is 2.29. The van der Waals surface area contributed by atoms with E-state index in [1.165, 1.54) is 0 Å². The Hall–Kier alpha value is -3.80. The Bertz CT molecular complexity index is 1030. The van der Waals surface area contributed by atoms with Gasteiger partial charge < -0.3 is 20.1 Å². The summed E-state index contributed by atoms with van der Waals surface area (Å²) in [5.74, 6) is 1.20. The molecule has 0 unspecified atom stereocenters. The van der Waals surface area contributed by atoms with E-state index in [0.717, 1.165) is 24.3 Å². The van der Waals surface area contributed by atoms with E-state index in [1.54, 1.807) is 42.5 Å². The molecule has 0 spiro atoms. The zero-order valence-corrected chi connectivity index (χ0v) is 17.0. The summed E-state index contributed by atoms with van der Waals surface area (Å²) in [4.78, 5) is 24.6. The summed E-state index contributed by atoms with van der Waals surface area (Å²) in [7, 11) is 0. The molecule has 2 amide bonds. The van der Waals surface area contributed by atoms with Crippen LogP contribution in [-0.4, -0.2) is 25.0 Å². The number of nitrogens with one attached hydrogen (secondary N) is 2. The summed E-state index contributed by atoms with van der Waals surface area (Å²) in [5.41, 5.74) is 1.79. The van der Waals surface area contributed by atoms with E-state index in [2.05, 4.69) is 10.6 Å². The molecule has 0 atom stereocenters. The Morgan fingerprint density at radius 3 is 2.06 bits per heavy atom. The van der Waals surface area contributed by atoms with Gasteiger partial charge in [-0.3, -0.25) is 9.59 Å². The van der Waals surface area contributed by atoms with Gasteiger partial charge in [0.25, 0.3) is 5.91 Å². The van der Waals surface area contributed by atoms with Crippen LogP contribution in [0.5, 0.6) is 11.5 Å². The number of carbonyl (C=O) groups excluding carboxylic acids is 2. The Morgan fingerprint density at radius 1 is 0.742 bits per heavy atom. The van der Waals surface area contributed by atoms with Gasteiger partial charge in [0.2, 0.25) is 5.91 Å². The zero-order valence-electron chi connectivity index (χ0n) is 17.0. The fourth-order valence-electron chi connectivity index (χ4n) is 3.03. The quantitative estimate of drug-likeness (QED) is 0.494. The monoisotopic (exact) mass is 416 g/mol. The third kappa shape index (κ3) is 5.85. The summed E-state index contributed by atoms with van der Waals surface area (Å²) < 4.78 is 11.4. The average molecular weight is 416 g/mol. The number of hydrogen-bond acceptors (Lipinski definition) is 4. The molecular weight excluding hydrogens is 392 g/mol. The number of rotatable bonds is 9. The molecule has 1 saturated carbocycles. The lowest BCUT2D eigenvalue weighted by Crippen LogP contribution is -2.16. The molecule has 1 aliphatic rings. The lowest BCUT2D eigenvalue weighted by atomic mass is 10.1. The Kier molecular flexibility index (Phi) is 6.47. The summed E-state index contributed by atoms with van der Waals surface area (Å²) in [6.45, 7) is 0.683. The maximum Gasteiger partial charge on any atom is 0.259 e. The van der Waals surface area contributed by atoms with Crippen molar-refractivity contribution in [2.45, 2.75) is 12.8 Å². The van der Waals surface area contributed by atoms with Crippen molar-refractivity contribution in [2.75, 3.05) is 23.8 Å². The normalized spacial score (nSPS) is 12.6. The highest BCUT2D eigenvalue weighted by Crippen LogP contribution is 2.30. The van der Waals surface area contributed by atoms with Crippen LogP contribution in [0.2, 0.25) is 0 Å². The van der Waals surface area contributed by atoms with Crippen molar-refractivity contribution in [3.63, 3.8) is 0 Å². The van der Waals surface area contributed by atoms with Crippen LogP contribution in [0.25, 0.3) is 0 Å². The van der Waals surface area contributed by atoms with Gasteiger partial charge in [0.05, 0.1) is 5.56 Å². The van der Waals surface area contributed by atoms with Gasteiger partial charge in [-0.25, -0.2) is 0 Å². The Balaban J connectivity index is 1.31. The van der Waals surface area contributed by atoms with E-state index in [9.17, 15) is 9.59 Å². The second-order valence-corrected chi connectivity index (χ2v) is 7.30. The zero-order chi connectivity index (χ0) is 21.5. The molecule has 6 nitrogen and oxygen atoms in total. The van der Waals surface area contributed by atoms with Crippen molar-refractivity contribution in [3.05, 3.63) is 84.4 Å². The van der Waals surface area contributed by atoms with E-state index in [1.807, 2.05) is 36.4 Å². The standard InChI is InChI=1S/C25H24N2O4/c28-24(18-10-11-18)26-19-12-14-20(15-13-19)27-25(29)22-8-4-5-9-23(22)31-17-16-30-21-6-2-1-3-7-21/h1-9,12-15,18H,10-11,16-17H2,(H,26,28)(H,27,29). The minimum Gasteiger partial charge on any atom is -0.490 e. The Morgan fingerprint density at radius 2 is 1.35 bits per heavy atom. The molecule has 0 aromatic heterocycles. The number of anilines is 2. The molecule has 4 rings (SSSR count). The van der Waals surface area contributed by atoms with Crippen molar-refractivity contribution in [2.24, 2.45) is 5.92 Å². The second kappa shape index (κ2) is 9.80. The molecular formula is C25H24N2O4. The molecule has 3 aromatic carbocycles. The third-order valence-corrected chi connectivity index (χ3v) is 4.84. The van der Waals surface area contributed by atoms with Crippen LogP contribution in [0, 0.1) is 5.92 Å². The lowest BCUT2D eigenvalue weighted by Gasteiger charge is -2.13. The minimum absolute atomic E-state index is 0.0547. The molecule has 2 N–H and O–H groups in total. The van der Waals surface area contributed by atoms with Gasteiger partial charge in [0.1, 0.15) is 24.7 Å². The van der Waals surface area contributed by atoms with Gasteiger partial charge in [-0.2, -0.15) is 0 Å². The molecule has 1 fully saturated rings. The van der Waals surface area contributed by atoms with Crippen molar-refractivity contribution in [1.82, 2.24) is 0 Å². The van der Waals surface area contributed by atoms with E-state index in [0.29, 0.717) is 30.2 Å². The van der Waals surface area contributed by atoms with Gasteiger partial charge in [0.15, 0.2) is 0 Å². The number of benzene rings is 3. The first-order chi connectivity index (χ1) is 15.2. The van der Waals surface area contributed by atoms with Gasteiger partial charge in [-0.1, -0.05) is 30.3 Å². The van der Waals surface area contributed by atoms with E-state index >= 15 is 0 Å². The number of amides is 2. The summed E-state index contributed by atoms with van der Waals surface area (Å²) in [6, 6.07) is 23.7. The predicted molar refractivity (Wildman–Crippen MR) is 120 cm³/mol. The minimum atomic E-state index is -0.269. The van der Waals surface area contributed by atoms with Crippen LogP contribution in [0.4, 0.5) is 11.4 Å². The second-order valence-electron chi connectivity index (χ2n) is 7.30. The molecule has 31 heavy (non-hydrogen) atoms. The molecule has 0 heterocycles. The fourth-order valence-corrected chi connectivity index (χ4v) is 3.03. The van der Waals surface area contributed by atoms with Crippen LogP contribution in [0.1, 0.15) is 23.2 Å². The fraction of sp³-hybridized carbons (Fsp3) is 0.200. The molecule has 1 aliphatic carbocycles. The first kappa shape index (κ1) is 20.5. The smallest absolute Gasteiger partial charge is 0.259 e. The number of para-hydroxylation sites is 2. The van der Waals surface area contributed by atoms with Crippen LogP contribution in [0.15, 0.2) is 78.9 Å². The first-order valence-corrected chi connectivity index (χ1v) is 10.3. The number of carbonyl (C=O) groups is 2. The van der Waals surface area contributed by atoms with E-state index < -0.39 is 0 Å². The third-order valence-electron chi connectivity index (χ3n) is 4.84. The first-order valence-electron chi connectivity index (χ1n) is 10.3. The Labute approximate surface area is 181 Å². The molecule has 3 aromatic rings. The van der Waals surface area contributed by atoms with Gasteiger partial charge in [-0.15, -0.1) is 0 Å². The number of hydrogen-bond donors (Lipinski definition) is 2.